The van der Waals surface area contributed by atoms with E-state index in [0.717, 1.165) is 31.3 Å². The van der Waals surface area contributed by atoms with Crippen LogP contribution in [0.15, 0.2) is 23.3 Å². The van der Waals surface area contributed by atoms with Crippen LogP contribution in [0.4, 0.5) is 0 Å². The summed E-state index contributed by atoms with van der Waals surface area (Å²) in [6, 6.07) is 2.15. The minimum absolute atomic E-state index is 0.00880. The van der Waals surface area contributed by atoms with Crippen LogP contribution in [0.1, 0.15) is 93.4 Å². The van der Waals surface area contributed by atoms with E-state index in [2.05, 4.69) is 40.7 Å². The molecule has 5 aliphatic carbocycles. The van der Waals surface area contributed by atoms with Gasteiger partial charge in [0.15, 0.2) is 11.6 Å². The monoisotopic (exact) mass is 491 g/mol. The Balaban J connectivity index is 1.71. The fourth-order valence-electron chi connectivity index (χ4n) is 10.0. The molecule has 5 aliphatic rings. The molecule has 0 aliphatic heterocycles. The van der Waals surface area contributed by atoms with Gasteiger partial charge in [0.25, 0.3) is 0 Å². The lowest BCUT2D eigenvalue weighted by Gasteiger charge is -2.68. The molecule has 0 saturated heterocycles. The number of carboxylic acids is 1. The van der Waals surface area contributed by atoms with E-state index in [1.165, 1.54) is 0 Å². The van der Waals surface area contributed by atoms with E-state index in [-0.39, 0.29) is 51.1 Å². The van der Waals surface area contributed by atoms with Gasteiger partial charge >= 0.3 is 5.97 Å². The number of carbonyl (C=O) groups is 3. The van der Waals surface area contributed by atoms with Crippen LogP contribution in [-0.2, 0) is 14.4 Å². The topological polar surface area (TPSA) is 95.2 Å². The third-order valence-corrected chi connectivity index (χ3v) is 12.3. The fourth-order valence-corrected chi connectivity index (χ4v) is 10.0. The standard InChI is InChI=1S/C31H41NO4/c1-26(2)10-12-31(25(35)36)13-11-30(7)23(19(31)16-26)20(33)14-22-28(5)15-18(17-32)24(34)27(3,4)21(28)8-9-29(22,30)6/h14-15,19,21,23H,8-13,16H2,1-7H3,(H,35,36). The Morgan fingerprint density at radius 3 is 2.25 bits per heavy atom. The molecule has 5 nitrogen and oxygen atoms in total. The molecule has 0 heterocycles. The van der Waals surface area contributed by atoms with Crippen LogP contribution in [0.3, 0.4) is 0 Å². The summed E-state index contributed by atoms with van der Waals surface area (Å²) in [6.07, 6.45) is 8.98. The molecule has 5 rings (SSSR count). The molecular formula is C31H41NO4. The number of allylic oxidation sites excluding steroid dienone is 4. The molecule has 0 aromatic rings. The lowest BCUT2D eigenvalue weighted by atomic mass is 9.34. The quantitative estimate of drug-likeness (QED) is 0.465. The Kier molecular flexibility index (Phi) is 5.09. The maximum Gasteiger partial charge on any atom is 0.309 e. The van der Waals surface area contributed by atoms with Gasteiger partial charge in [0.1, 0.15) is 6.07 Å². The molecule has 0 spiro atoms. The van der Waals surface area contributed by atoms with Crippen LogP contribution in [-0.4, -0.2) is 22.6 Å². The normalized spacial score (nSPS) is 46.7. The summed E-state index contributed by atoms with van der Waals surface area (Å²) in [5.74, 6) is -1.27. The highest BCUT2D eigenvalue weighted by Crippen LogP contribution is 2.74. The van der Waals surface area contributed by atoms with Gasteiger partial charge in [-0.2, -0.15) is 5.26 Å². The van der Waals surface area contributed by atoms with Crippen molar-refractivity contribution in [2.24, 2.45) is 50.2 Å². The molecule has 0 aromatic carbocycles. The second-order valence-electron chi connectivity index (χ2n) is 14.7. The summed E-state index contributed by atoms with van der Waals surface area (Å²) in [4.78, 5) is 40.2. The molecule has 0 radical (unpaired) electrons. The molecule has 1 N–H and O–H groups in total. The van der Waals surface area contributed by atoms with Crippen molar-refractivity contribution in [3.8, 4) is 6.07 Å². The van der Waals surface area contributed by atoms with E-state index < -0.39 is 22.2 Å². The van der Waals surface area contributed by atoms with Crippen LogP contribution in [0.2, 0.25) is 0 Å². The first kappa shape index (κ1) is 25.4. The number of nitrogens with zero attached hydrogens (tertiary/aromatic N) is 1. The minimum atomic E-state index is -0.828. The van der Waals surface area contributed by atoms with Crippen LogP contribution in [0.5, 0.6) is 0 Å². The van der Waals surface area contributed by atoms with Gasteiger partial charge in [0.05, 0.1) is 11.0 Å². The second kappa shape index (κ2) is 7.21. The zero-order valence-electron chi connectivity index (χ0n) is 23.0. The summed E-state index contributed by atoms with van der Waals surface area (Å²) >= 11 is 0. The Labute approximate surface area is 215 Å². The van der Waals surface area contributed by atoms with E-state index >= 15 is 0 Å². The van der Waals surface area contributed by atoms with Gasteiger partial charge in [-0.3, -0.25) is 14.4 Å². The molecule has 36 heavy (non-hydrogen) atoms. The summed E-state index contributed by atoms with van der Waals surface area (Å²) < 4.78 is 0. The van der Waals surface area contributed by atoms with Crippen LogP contribution >= 0.6 is 0 Å². The number of Topliss-reactive ketones (excluding diaryl/α,β-unsaturated/α-hetero) is 1. The highest BCUT2D eigenvalue weighted by Gasteiger charge is 2.70. The average molecular weight is 492 g/mol. The van der Waals surface area contributed by atoms with Crippen molar-refractivity contribution in [1.29, 1.82) is 5.26 Å². The largest absolute Gasteiger partial charge is 0.481 e. The number of hydrogen-bond donors (Lipinski definition) is 1. The maximum atomic E-state index is 14.2. The molecule has 0 aromatic heterocycles. The van der Waals surface area contributed by atoms with Crippen molar-refractivity contribution in [1.82, 2.24) is 0 Å². The Morgan fingerprint density at radius 1 is 1.00 bits per heavy atom. The van der Waals surface area contributed by atoms with Gasteiger partial charge in [0.2, 0.25) is 0 Å². The number of fused-ring (bicyclic) bond motifs is 7. The first-order valence-corrected chi connectivity index (χ1v) is 13.7. The second-order valence-corrected chi connectivity index (χ2v) is 14.7. The van der Waals surface area contributed by atoms with Gasteiger partial charge in [-0.1, -0.05) is 60.1 Å². The van der Waals surface area contributed by atoms with Crippen molar-refractivity contribution in [3.63, 3.8) is 0 Å². The lowest BCUT2D eigenvalue weighted by molar-refractivity contribution is -0.188. The number of nitriles is 1. The number of carboxylic acid groups (broad SMARTS) is 1. The van der Waals surface area contributed by atoms with Crippen LogP contribution < -0.4 is 0 Å². The third-order valence-electron chi connectivity index (χ3n) is 12.3. The summed E-state index contributed by atoms with van der Waals surface area (Å²) in [6.45, 7) is 15.0. The average Bonchev–Trinajstić information content (AvgIpc) is 2.77. The Morgan fingerprint density at radius 2 is 1.64 bits per heavy atom. The molecule has 7 atom stereocenters. The van der Waals surface area contributed by atoms with Crippen LogP contribution in [0, 0.1) is 61.6 Å². The van der Waals surface area contributed by atoms with Gasteiger partial charge in [0, 0.05) is 16.7 Å². The molecule has 3 fully saturated rings. The highest BCUT2D eigenvalue weighted by atomic mass is 16.4. The van der Waals surface area contributed by atoms with Gasteiger partial charge < -0.3 is 5.11 Å². The lowest BCUT2D eigenvalue weighted by Crippen LogP contribution is -2.65. The highest BCUT2D eigenvalue weighted by molar-refractivity contribution is 6.04. The maximum absolute atomic E-state index is 14.2. The Hall–Kier alpha value is -2.22. The van der Waals surface area contributed by atoms with E-state index in [0.29, 0.717) is 19.3 Å². The van der Waals surface area contributed by atoms with Crippen molar-refractivity contribution < 1.29 is 19.5 Å². The van der Waals surface area contributed by atoms with E-state index in [1.54, 1.807) is 0 Å². The zero-order valence-corrected chi connectivity index (χ0v) is 23.0. The minimum Gasteiger partial charge on any atom is -0.481 e. The zero-order chi connectivity index (χ0) is 26.7. The molecular weight excluding hydrogens is 450 g/mol. The van der Waals surface area contributed by atoms with Crippen molar-refractivity contribution >= 4 is 17.5 Å². The molecule has 0 amide bonds. The van der Waals surface area contributed by atoms with E-state index in [4.69, 9.17) is 0 Å². The first-order valence-electron chi connectivity index (χ1n) is 13.7. The predicted molar refractivity (Wildman–Crippen MR) is 137 cm³/mol. The number of aliphatic carboxylic acids is 1. The third kappa shape index (κ3) is 2.85. The van der Waals surface area contributed by atoms with Crippen molar-refractivity contribution in [2.75, 3.05) is 0 Å². The summed E-state index contributed by atoms with van der Waals surface area (Å²) in [5.41, 5.74) is -1.49. The Bertz CT molecular complexity index is 1180. The number of carbonyl (C=O) groups excluding carboxylic acids is 2. The molecule has 5 heteroatoms. The molecule has 0 bridgehead atoms. The SMILES string of the molecule is CC1(C)CCC2(C(=O)O)CCC3(C)C(C(=O)C=C4C5(C)C=C(C#N)C(=O)C(C)(C)C5CCC43C)C2C1. The van der Waals surface area contributed by atoms with Gasteiger partial charge in [-0.05, 0) is 79.1 Å². The van der Waals surface area contributed by atoms with Gasteiger partial charge in [-0.15, -0.1) is 0 Å². The molecule has 7 unspecified atom stereocenters. The van der Waals surface area contributed by atoms with Crippen LogP contribution in [0.25, 0.3) is 0 Å². The summed E-state index contributed by atoms with van der Waals surface area (Å²) in [7, 11) is 0. The van der Waals surface area contributed by atoms with E-state index in [1.807, 2.05) is 26.0 Å². The molecule has 194 valence electrons. The van der Waals surface area contributed by atoms with Crippen molar-refractivity contribution in [2.45, 2.75) is 93.4 Å². The predicted octanol–water partition coefficient (Wildman–Crippen LogP) is 6.29. The molecule has 3 saturated carbocycles. The first-order chi connectivity index (χ1) is 16.5. The fraction of sp³-hybridized carbons (Fsp3) is 0.742. The van der Waals surface area contributed by atoms with Crippen molar-refractivity contribution in [3.05, 3.63) is 23.3 Å². The van der Waals surface area contributed by atoms with Gasteiger partial charge in [-0.25, -0.2) is 0 Å². The number of hydrogen-bond acceptors (Lipinski definition) is 4. The number of rotatable bonds is 1. The van der Waals surface area contributed by atoms with E-state index in [9.17, 15) is 24.8 Å². The smallest absolute Gasteiger partial charge is 0.309 e. The summed E-state index contributed by atoms with van der Waals surface area (Å²) in [5, 5.41) is 20.3. The number of ketones is 2.